The number of rotatable bonds is 7. The minimum Gasteiger partial charge on any atom is -0.480 e. The fourth-order valence-electron chi connectivity index (χ4n) is 1.67. The lowest BCUT2D eigenvalue weighted by molar-refractivity contribution is -0.139. The first-order chi connectivity index (χ1) is 8.15. The summed E-state index contributed by atoms with van der Waals surface area (Å²) >= 11 is 0. The number of hydrogen-bond acceptors (Lipinski definition) is 3. The number of nitrogens with one attached hydrogen (secondary N) is 2. The van der Waals surface area contributed by atoms with E-state index in [0.29, 0.717) is 6.54 Å². The molecule has 0 amide bonds. The SMILES string of the molecule is CNC(CNCCc1ccccc1C)C(=O)O. The topological polar surface area (TPSA) is 61.4 Å². The number of likely N-dealkylation sites (N-methyl/N-ethyl adjacent to an activating group) is 1. The van der Waals surface area contributed by atoms with E-state index in [0.717, 1.165) is 13.0 Å². The van der Waals surface area contributed by atoms with Crippen molar-refractivity contribution in [3.8, 4) is 0 Å². The molecule has 1 aromatic rings. The molecule has 4 nitrogen and oxygen atoms in total. The third-order valence-electron chi connectivity index (χ3n) is 2.83. The second kappa shape index (κ2) is 7.04. The average Bonchev–Trinajstić information content (AvgIpc) is 2.31. The van der Waals surface area contributed by atoms with Crippen molar-refractivity contribution in [2.24, 2.45) is 0 Å². The van der Waals surface area contributed by atoms with E-state index < -0.39 is 12.0 Å². The van der Waals surface area contributed by atoms with Crippen LogP contribution in [-0.4, -0.2) is 37.3 Å². The summed E-state index contributed by atoms with van der Waals surface area (Å²) in [6.45, 7) is 3.32. The molecule has 1 unspecified atom stereocenters. The van der Waals surface area contributed by atoms with Gasteiger partial charge in [0.2, 0.25) is 0 Å². The van der Waals surface area contributed by atoms with Crippen LogP contribution in [0.5, 0.6) is 0 Å². The van der Waals surface area contributed by atoms with Crippen LogP contribution in [0.1, 0.15) is 11.1 Å². The molecule has 0 aliphatic heterocycles. The molecular formula is C13H20N2O2. The van der Waals surface area contributed by atoms with Crippen molar-refractivity contribution in [1.82, 2.24) is 10.6 Å². The Kier molecular flexibility index (Phi) is 5.66. The zero-order valence-corrected chi connectivity index (χ0v) is 10.4. The maximum Gasteiger partial charge on any atom is 0.322 e. The van der Waals surface area contributed by atoms with Crippen LogP contribution < -0.4 is 10.6 Å². The zero-order chi connectivity index (χ0) is 12.7. The van der Waals surface area contributed by atoms with Crippen molar-refractivity contribution in [3.05, 3.63) is 35.4 Å². The standard InChI is InChI=1S/C13H20N2O2/c1-10-5-3-4-6-11(10)7-8-15-9-12(14-2)13(16)17/h3-6,12,14-15H,7-9H2,1-2H3,(H,16,17). The quantitative estimate of drug-likeness (QED) is 0.613. The van der Waals surface area contributed by atoms with Crippen molar-refractivity contribution >= 4 is 5.97 Å². The Labute approximate surface area is 102 Å². The van der Waals surface area contributed by atoms with Crippen LogP contribution >= 0.6 is 0 Å². The highest BCUT2D eigenvalue weighted by atomic mass is 16.4. The molecule has 0 saturated carbocycles. The molecule has 0 bridgehead atoms. The van der Waals surface area contributed by atoms with Crippen molar-refractivity contribution in [1.29, 1.82) is 0 Å². The third-order valence-corrected chi connectivity index (χ3v) is 2.83. The first-order valence-electron chi connectivity index (χ1n) is 5.80. The van der Waals surface area contributed by atoms with Gasteiger partial charge in [-0.3, -0.25) is 4.79 Å². The van der Waals surface area contributed by atoms with Crippen LogP contribution in [0.2, 0.25) is 0 Å². The molecule has 3 N–H and O–H groups in total. The summed E-state index contributed by atoms with van der Waals surface area (Å²) in [5, 5.41) is 14.7. The lowest BCUT2D eigenvalue weighted by Crippen LogP contribution is -2.43. The molecule has 0 aliphatic carbocycles. The van der Waals surface area contributed by atoms with Crippen LogP contribution in [0, 0.1) is 6.92 Å². The normalized spacial score (nSPS) is 12.4. The fraction of sp³-hybridized carbons (Fsp3) is 0.462. The summed E-state index contributed by atoms with van der Waals surface area (Å²) in [5.74, 6) is -0.823. The predicted octanol–water partition coefficient (Wildman–Crippen LogP) is 0.800. The van der Waals surface area contributed by atoms with Crippen LogP contribution in [0.15, 0.2) is 24.3 Å². The highest BCUT2D eigenvalue weighted by molar-refractivity contribution is 5.73. The summed E-state index contributed by atoms with van der Waals surface area (Å²) in [7, 11) is 1.65. The zero-order valence-electron chi connectivity index (χ0n) is 10.4. The molecule has 17 heavy (non-hydrogen) atoms. The minimum atomic E-state index is -0.823. The molecule has 0 radical (unpaired) electrons. The molecule has 1 atom stereocenters. The van der Waals surface area contributed by atoms with E-state index in [2.05, 4.69) is 29.7 Å². The van der Waals surface area contributed by atoms with Crippen molar-refractivity contribution < 1.29 is 9.90 Å². The van der Waals surface area contributed by atoms with E-state index in [1.54, 1.807) is 7.05 Å². The van der Waals surface area contributed by atoms with E-state index in [1.807, 2.05) is 12.1 Å². The molecule has 0 heterocycles. The summed E-state index contributed by atoms with van der Waals surface area (Å²) in [5.41, 5.74) is 2.58. The molecule has 1 rings (SSSR count). The van der Waals surface area contributed by atoms with E-state index in [-0.39, 0.29) is 0 Å². The predicted molar refractivity (Wildman–Crippen MR) is 68.2 cm³/mol. The molecule has 0 aliphatic rings. The Morgan fingerprint density at radius 3 is 2.71 bits per heavy atom. The number of aryl methyl sites for hydroxylation is 1. The first-order valence-corrected chi connectivity index (χ1v) is 5.80. The molecule has 0 saturated heterocycles. The number of carboxylic acid groups (broad SMARTS) is 1. The van der Waals surface area contributed by atoms with Gasteiger partial charge in [-0.05, 0) is 38.1 Å². The first kappa shape index (κ1) is 13.7. The van der Waals surface area contributed by atoms with Gasteiger partial charge in [-0.1, -0.05) is 24.3 Å². The van der Waals surface area contributed by atoms with Gasteiger partial charge in [-0.15, -0.1) is 0 Å². The fourth-order valence-corrected chi connectivity index (χ4v) is 1.67. The molecule has 0 aromatic heterocycles. The van der Waals surface area contributed by atoms with Gasteiger partial charge in [-0.25, -0.2) is 0 Å². The van der Waals surface area contributed by atoms with Crippen molar-refractivity contribution in [2.75, 3.05) is 20.1 Å². The molecular weight excluding hydrogens is 216 g/mol. The third kappa shape index (κ3) is 4.54. The number of hydrogen-bond donors (Lipinski definition) is 3. The number of benzene rings is 1. The van der Waals surface area contributed by atoms with Crippen LogP contribution in [0.3, 0.4) is 0 Å². The highest BCUT2D eigenvalue weighted by Gasteiger charge is 2.13. The van der Waals surface area contributed by atoms with Crippen molar-refractivity contribution in [3.63, 3.8) is 0 Å². The van der Waals surface area contributed by atoms with Crippen LogP contribution in [-0.2, 0) is 11.2 Å². The minimum absolute atomic E-state index is 0.442. The van der Waals surface area contributed by atoms with Gasteiger partial charge in [-0.2, -0.15) is 0 Å². The Balaban J connectivity index is 2.29. The van der Waals surface area contributed by atoms with E-state index in [4.69, 9.17) is 5.11 Å². The monoisotopic (exact) mass is 236 g/mol. The summed E-state index contributed by atoms with van der Waals surface area (Å²) in [4.78, 5) is 10.7. The van der Waals surface area contributed by atoms with Gasteiger partial charge in [0.15, 0.2) is 0 Å². The number of carboxylic acids is 1. The lowest BCUT2D eigenvalue weighted by Gasteiger charge is -2.12. The van der Waals surface area contributed by atoms with Gasteiger partial charge in [0, 0.05) is 6.54 Å². The van der Waals surface area contributed by atoms with E-state index >= 15 is 0 Å². The van der Waals surface area contributed by atoms with Gasteiger partial charge in [0.25, 0.3) is 0 Å². The van der Waals surface area contributed by atoms with Crippen LogP contribution in [0.4, 0.5) is 0 Å². The molecule has 1 aromatic carbocycles. The van der Waals surface area contributed by atoms with Crippen molar-refractivity contribution in [2.45, 2.75) is 19.4 Å². The second-order valence-electron chi connectivity index (χ2n) is 4.06. The lowest BCUT2D eigenvalue weighted by atomic mass is 10.1. The Morgan fingerprint density at radius 2 is 2.12 bits per heavy atom. The van der Waals surface area contributed by atoms with Gasteiger partial charge >= 0.3 is 5.97 Å². The van der Waals surface area contributed by atoms with Gasteiger partial charge in [0.1, 0.15) is 6.04 Å². The largest absolute Gasteiger partial charge is 0.480 e. The molecule has 0 fully saturated rings. The number of carbonyl (C=O) groups is 1. The molecule has 94 valence electrons. The Hall–Kier alpha value is -1.39. The summed E-state index contributed by atoms with van der Waals surface area (Å²) in [6.07, 6.45) is 0.919. The number of aliphatic carboxylic acids is 1. The van der Waals surface area contributed by atoms with E-state index in [9.17, 15) is 4.79 Å². The molecule has 4 heteroatoms. The summed E-state index contributed by atoms with van der Waals surface area (Å²) < 4.78 is 0. The smallest absolute Gasteiger partial charge is 0.322 e. The highest BCUT2D eigenvalue weighted by Crippen LogP contribution is 2.06. The van der Waals surface area contributed by atoms with Crippen LogP contribution in [0.25, 0.3) is 0 Å². The maximum absolute atomic E-state index is 10.7. The van der Waals surface area contributed by atoms with Gasteiger partial charge < -0.3 is 15.7 Å². The summed E-state index contributed by atoms with van der Waals surface area (Å²) in [6, 6.07) is 7.71. The Morgan fingerprint density at radius 1 is 1.41 bits per heavy atom. The molecule has 0 spiro atoms. The maximum atomic E-state index is 10.7. The van der Waals surface area contributed by atoms with Gasteiger partial charge in [0.05, 0.1) is 0 Å². The Bertz CT molecular complexity index is 366. The average molecular weight is 236 g/mol. The second-order valence-corrected chi connectivity index (χ2v) is 4.06. The van der Waals surface area contributed by atoms with E-state index in [1.165, 1.54) is 11.1 Å².